The Balaban J connectivity index is 1.69. The number of thioether (sulfide) groups is 1. The van der Waals surface area contributed by atoms with E-state index in [0.717, 1.165) is 11.3 Å². The molecule has 2 aromatic carbocycles. The largest absolute Gasteiger partial charge is 0.493 e. The fourth-order valence-electron chi connectivity index (χ4n) is 2.48. The van der Waals surface area contributed by atoms with Crippen LogP contribution in [0.15, 0.2) is 47.4 Å². The molecule has 1 aliphatic rings. The van der Waals surface area contributed by atoms with Crippen LogP contribution in [0, 0.1) is 0 Å². The van der Waals surface area contributed by atoms with Gasteiger partial charge in [0.25, 0.3) is 5.91 Å². The molecule has 1 amide bonds. The number of thiocarbonyl (C=S) groups is 1. The second kappa shape index (κ2) is 9.32. The Bertz CT molecular complexity index is 918. The van der Waals surface area contributed by atoms with Gasteiger partial charge in [-0.3, -0.25) is 9.69 Å². The summed E-state index contributed by atoms with van der Waals surface area (Å²) in [6.07, 6.45) is 1.74. The van der Waals surface area contributed by atoms with Crippen molar-refractivity contribution in [2.45, 2.75) is 0 Å². The number of halogens is 1. The fraction of sp³-hybridized carbons (Fsp3) is 0.200. The van der Waals surface area contributed by atoms with Crippen LogP contribution in [0.5, 0.6) is 17.2 Å². The van der Waals surface area contributed by atoms with Gasteiger partial charge in [-0.15, -0.1) is 0 Å². The highest BCUT2D eigenvalue weighted by Crippen LogP contribution is 2.38. The molecule has 0 bridgehead atoms. The van der Waals surface area contributed by atoms with Crippen molar-refractivity contribution in [1.29, 1.82) is 0 Å². The van der Waals surface area contributed by atoms with Crippen molar-refractivity contribution in [1.82, 2.24) is 4.90 Å². The summed E-state index contributed by atoms with van der Waals surface area (Å²) in [7, 11) is 3.19. The minimum Gasteiger partial charge on any atom is -0.493 e. The normalized spacial score (nSPS) is 15.2. The third-order valence-corrected chi connectivity index (χ3v) is 5.64. The van der Waals surface area contributed by atoms with Crippen LogP contribution in [-0.2, 0) is 4.79 Å². The summed E-state index contributed by atoms with van der Waals surface area (Å²) in [5.41, 5.74) is 0.726. The van der Waals surface area contributed by atoms with Gasteiger partial charge in [0, 0.05) is 7.05 Å². The minimum absolute atomic E-state index is 0.136. The number of ether oxygens (including phenoxy) is 3. The molecule has 5 nitrogen and oxygen atoms in total. The second-order valence-electron chi connectivity index (χ2n) is 5.78. The molecule has 28 heavy (non-hydrogen) atoms. The van der Waals surface area contributed by atoms with Crippen molar-refractivity contribution in [3.05, 3.63) is 58.0 Å². The molecule has 0 radical (unpaired) electrons. The van der Waals surface area contributed by atoms with Gasteiger partial charge in [0.15, 0.2) is 11.5 Å². The Morgan fingerprint density at radius 1 is 1.18 bits per heavy atom. The molecule has 1 heterocycles. The molecule has 0 N–H and O–H groups in total. The summed E-state index contributed by atoms with van der Waals surface area (Å²) in [6, 6.07) is 13.0. The third kappa shape index (κ3) is 4.79. The molecule has 2 aromatic rings. The van der Waals surface area contributed by atoms with E-state index in [-0.39, 0.29) is 5.91 Å². The van der Waals surface area contributed by atoms with Gasteiger partial charge in [-0.2, -0.15) is 0 Å². The van der Waals surface area contributed by atoms with Gasteiger partial charge in [-0.25, -0.2) is 0 Å². The number of hydrogen-bond donors (Lipinski definition) is 0. The highest BCUT2D eigenvalue weighted by atomic mass is 35.5. The standard InChI is InChI=1S/C20H18ClNO4S2/c1-22-19(23)17(28-20(22)27)12-13-10-15(21)18(16(11-13)24-2)26-9-8-25-14-6-4-3-5-7-14/h3-7,10-12H,8-9H2,1-2H3/b17-12+. The van der Waals surface area contributed by atoms with Gasteiger partial charge < -0.3 is 14.2 Å². The van der Waals surface area contributed by atoms with Crippen molar-refractivity contribution >= 4 is 51.9 Å². The first kappa shape index (κ1) is 20.5. The van der Waals surface area contributed by atoms with Crippen LogP contribution in [0.4, 0.5) is 0 Å². The highest BCUT2D eigenvalue weighted by molar-refractivity contribution is 8.26. The Kier molecular flexibility index (Phi) is 6.83. The van der Waals surface area contributed by atoms with Gasteiger partial charge in [-0.05, 0) is 35.9 Å². The molecular weight excluding hydrogens is 418 g/mol. The van der Waals surface area contributed by atoms with E-state index >= 15 is 0 Å². The lowest BCUT2D eigenvalue weighted by Crippen LogP contribution is -2.22. The molecule has 0 atom stereocenters. The number of methoxy groups -OCH3 is 1. The van der Waals surface area contributed by atoms with E-state index in [1.54, 1.807) is 25.3 Å². The Morgan fingerprint density at radius 3 is 2.54 bits per heavy atom. The first-order valence-corrected chi connectivity index (χ1v) is 9.99. The highest BCUT2D eigenvalue weighted by Gasteiger charge is 2.28. The van der Waals surface area contributed by atoms with Crippen molar-refractivity contribution in [3.8, 4) is 17.2 Å². The molecular formula is C20H18ClNO4S2. The number of hydrogen-bond acceptors (Lipinski definition) is 6. The quantitative estimate of drug-likeness (QED) is 0.359. The van der Waals surface area contributed by atoms with E-state index in [0.29, 0.717) is 39.0 Å². The maximum atomic E-state index is 12.2. The first-order valence-electron chi connectivity index (χ1n) is 8.39. The zero-order chi connectivity index (χ0) is 20.1. The molecule has 0 aromatic heterocycles. The van der Waals surface area contributed by atoms with E-state index in [4.69, 9.17) is 38.0 Å². The predicted molar refractivity (Wildman–Crippen MR) is 116 cm³/mol. The number of carbonyl (C=O) groups is 1. The van der Waals surface area contributed by atoms with E-state index in [1.165, 1.54) is 23.8 Å². The van der Waals surface area contributed by atoms with Crippen LogP contribution in [0.1, 0.15) is 5.56 Å². The van der Waals surface area contributed by atoms with Crippen molar-refractivity contribution < 1.29 is 19.0 Å². The number of benzene rings is 2. The maximum absolute atomic E-state index is 12.2. The fourth-order valence-corrected chi connectivity index (χ4v) is 3.93. The molecule has 0 saturated carbocycles. The molecule has 0 spiro atoms. The third-order valence-electron chi connectivity index (χ3n) is 3.88. The Morgan fingerprint density at radius 2 is 1.89 bits per heavy atom. The lowest BCUT2D eigenvalue weighted by Gasteiger charge is -2.14. The predicted octanol–water partition coefficient (Wildman–Crippen LogP) is 4.64. The van der Waals surface area contributed by atoms with Crippen molar-refractivity contribution in [3.63, 3.8) is 0 Å². The smallest absolute Gasteiger partial charge is 0.265 e. The van der Waals surface area contributed by atoms with Gasteiger partial charge >= 0.3 is 0 Å². The van der Waals surface area contributed by atoms with Gasteiger partial charge in [0.2, 0.25) is 0 Å². The maximum Gasteiger partial charge on any atom is 0.265 e. The van der Waals surface area contributed by atoms with Crippen LogP contribution in [0.3, 0.4) is 0 Å². The molecule has 0 aliphatic carbocycles. The Hall–Kier alpha value is -2.22. The van der Waals surface area contributed by atoms with Crippen molar-refractivity contribution in [2.75, 3.05) is 27.4 Å². The molecule has 8 heteroatoms. The second-order valence-corrected chi connectivity index (χ2v) is 7.87. The molecule has 0 unspecified atom stereocenters. The Labute approximate surface area is 178 Å². The number of likely N-dealkylation sites (N-methyl/N-ethyl adjacent to an activating group) is 1. The summed E-state index contributed by atoms with van der Waals surface area (Å²) in [4.78, 5) is 14.1. The monoisotopic (exact) mass is 435 g/mol. The number of para-hydroxylation sites is 1. The molecule has 3 rings (SSSR count). The summed E-state index contributed by atoms with van der Waals surface area (Å²) in [5, 5.41) is 0.386. The lowest BCUT2D eigenvalue weighted by molar-refractivity contribution is -0.121. The van der Waals surface area contributed by atoms with Gasteiger partial charge in [-0.1, -0.05) is 53.8 Å². The van der Waals surface area contributed by atoms with Gasteiger partial charge in [0.1, 0.15) is 23.3 Å². The topological polar surface area (TPSA) is 48.0 Å². The van der Waals surface area contributed by atoms with E-state index in [9.17, 15) is 4.79 Å². The zero-order valence-corrected chi connectivity index (χ0v) is 17.7. The van der Waals surface area contributed by atoms with E-state index in [2.05, 4.69) is 0 Å². The average molecular weight is 436 g/mol. The first-order chi connectivity index (χ1) is 13.5. The number of rotatable bonds is 7. The molecule has 1 saturated heterocycles. The minimum atomic E-state index is -0.136. The average Bonchev–Trinajstić information content (AvgIpc) is 2.93. The summed E-state index contributed by atoms with van der Waals surface area (Å²) in [5.74, 6) is 1.54. The zero-order valence-electron chi connectivity index (χ0n) is 15.3. The van der Waals surface area contributed by atoms with Crippen LogP contribution >= 0.6 is 35.6 Å². The van der Waals surface area contributed by atoms with Crippen LogP contribution in [0.25, 0.3) is 6.08 Å². The molecule has 1 aliphatic heterocycles. The van der Waals surface area contributed by atoms with Crippen LogP contribution in [-0.4, -0.2) is 42.5 Å². The number of amides is 1. The molecule has 146 valence electrons. The number of nitrogens with zero attached hydrogens (tertiary/aromatic N) is 1. The van der Waals surface area contributed by atoms with Crippen LogP contribution < -0.4 is 14.2 Å². The van der Waals surface area contributed by atoms with Gasteiger partial charge in [0.05, 0.1) is 17.0 Å². The molecule has 1 fully saturated rings. The summed E-state index contributed by atoms with van der Waals surface area (Å²) in [6.45, 7) is 0.670. The lowest BCUT2D eigenvalue weighted by atomic mass is 10.2. The summed E-state index contributed by atoms with van der Waals surface area (Å²) >= 11 is 12.8. The van der Waals surface area contributed by atoms with E-state index < -0.39 is 0 Å². The number of carbonyl (C=O) groups excluding carboxylic acids is 1. The SMILES string of the molecule is COc1cc(/C=C2/SC(=S)N(C)C2=O)cc(Cl)c1OCCOc1ccccc1. The van der Waals surface area contributed by atoms with Crippen LogP contribution in [0.2, 0.25) is 5.02 Å². The van der Waals surface area contributed by atoms with E-state index in [1.807, 2.05) is 30.3 Å². The van der Waals surface area contributed by atoms with Crippen molar-refractivity contribution in [2.24, 2.45) is 0 Å². The summed E-state index contributed by atoms with van der Waals surface area (Å²) < 4.78 is 17.3.